The second-order valence-electron chi connectivity index (χ2n) is 4.10. The summed E-state index contributed by atoms with van der Waals surface area (Å²) < 4.78 is 26.7. The molecular weight excluding hydrogens is 375 g/mol. The summed E-state index contributed by atoms with van der Waals surface area (Å²) in [6, 6.07) is 7.06. The second kappa shape index (κ2) is 6.29. The van der Waals surface area contributed by atoms with Crippen LogP contribution in [0.5, 0.6) is 0 Å². The van der Waals surface area contributed by atoms with Crippen LogP contribution >= 0.6 is 34.8 Å². The fourth-order valence-corrected chi connectivity index (χ4v) is 3.70. The van der Waals surface area contributed by atoms with Crippen LogP contribution < -0.4 is 4.72 Å². The third-order valence-electron chi connectivity index (χ3n) is 2.60. The minimum Gasteiger partial charge on any atom is -0.277 e. The molecule has 0 atom stereocenters. The number of hydrogen-bond acceptors (Lipinski definition) is 4. The van der Waals surface area contributed by atoms with E-state index in [4.69, 9.17) is 34.8 Å². The average Bonchev–Trinajstić information content (AvgIpc) is 2.43. The van der Waals surface area contributed by atoms with Gasteiger partial charge in [-0.15, -0.1) is 0 Å². The molecule has 0 unspecified atom stereocenters. The Morgan fingerprint density at radius 3 is 1.95 bits per heavy atom. The van der Waals surface area contributed by atoms with Gasteiger partial charge in [0.15, 0.2) is 0 Å². The van der Waals surface area contributed by atoms with Crippen molar-refractivity contribution in [2.75, 3.05) is 4.72 Å². The smallest absolute Gasteiger partial charge is 0.269 e. The summed E-state index contributed by atoms with van der Waals surface area (Å²) in [7, 11) is -4.00. The molecule has 1 N–H and O–H groups in total. The first-order valence-electron chi connectivity index (χ1n) is 5.62. The summed E-state index contributed by atoms with van der Waals surface area (Å²) >= 11 is 17.6. The van der Waals surface area contributed by atoms with Crippen molar-refractivity contribution in [3.05, 3.63) is 61.6 Å². The van der Waals surface area contributed by atoms with E-state index < -0.39 is 14.9 Å². The van der Waals surface area contributed by atoms with Crippen LogP contribution in [0.25, 0.3) is 0 Å². The van der Waals surface area contributed by atoms with Crippen LogP contribution in [0.4, 0.5) is 11.4 Å². The van der Waals surface area contributed by atoms with Gasteiger partial charge in [-0.2, -0.15) is 0 Å². The number of hydrogen-bond donors (Lipinski definition) is 1. The SMILES string of the molecule is O=[N+]([O-])c1ccc(S(=O)(=O)Nc2c(Cl)cc(Cl)cc2Cl)cc1. The monoisotopic (exact) mass is 380 g/mol. The van der Waals surface area contributed by atoms with Crippen molar-refractivity contribution in [1.82, 2.24) is 0 Å². The Labute approximate surface area is 140 Å². The highest BCUT2D eigenvalue weighted by atomic mass is 35.5. The van der Waals surface area contributed by atoms with Gasteiger partial charge < -0.3 is 0 Å². The summed E-state index contributed by atoms with van der Waals surface area (Å²) in [5, 5.41) is 10.9. The number of nitro groups is 1. The summed E-state index contributed by atoms with van der Waals surface area (Å²) in [5.74, 6) is 0. The highest BCUT2D eigenvalue weighted by Crippen LogP contribution is 2.35. The lowest BCUT2D eigenvalue weighted by molar-refractivity contribution is -0.384. The van der Waals surface area contributed by atoms with Gasteiger partial charge in [-0.25, -0.2) is 8.42 Å². The summed E-state index contributed by atoms with van der Waals surface area (Å²) in [4.78, 5) is 9.77. The standard InChI is InChI=1S/C12H7Cl3N2O4S/c13-7-5-10(14)12(11(15)6-7)16-22(20,21)9-3-1-8(2-4-9)17(18)19/h1-6,16H. The van der Waals surface area contributed by atoms with Crippen molar-refractivity contribution in [2.45, 2.75) is 4.90 Å². The molecule has 0 bridgehead atoms. The first kappa shape index (κ1) is 16.8. The molecular formula is C12H7Cl3N2O4S. The Balaban J connectivity index is 2.38. The van der Waals surface area contributed by atoms with Crippen LogP contribution in [-0.4, -0.2) is 13.3 Å². The maximum Gasteiger partial charge on any atom is 0.269 e. The summed E-state index contributed by atoms with van der Waals surface area (Å²) in [6.45, 7) is 0. The predicted molar refractivity (Wildman–Crippen MR) is 85.4 cm³/mol. The number of nitrogens with zero attached hydrogens (tertiary/aromatic N) is 1. The molecule has 0 aromatic heterocycles. The number of benzene rings is 2. The molecule has 0 spiro atoms. The van der Waals surface area contributed by atoms with E-state index in [1.54, 1.807) is 0 Å². The molecule has 6 nitrogen and oxygen atoms in total. The van der Waals surface area contributed by atoms with E-state index in [9.17, 15) is 18.5 Å². The van der Waals surface area contributed by atoms with E-state index in [1.807, 2.05) is 0 Å². The van der Waals surface area contributed by atoms with Gasteiger partial charge in [-0.3, -0.25) is 14.8 Å². The van der Waals surface area contributed by atoms with Crippen molar-refractivity contribution in [3.63, 3.8) is 0 Å². The fourth-order valence-electron chi connectivity index (χ4n) is 1.58. The molecule has 0 fully saturated rings. The Bertz CT molecular complexity index is 815. The zero-order valence-corrected chi connectivity index (χ0v) is 13.7. The molecule has 0 aliphatic carbocycles. The zero-order chi connectivity index (χ0) is 16.5. The van der Waals surface area contributed by atoms with E-state index in [-0.39, 0.29) is 31.3 Å². The van der Waals surface area contributed by atoms with Crippen molar-refractivity contribution >= 4 is 56.2 Å². The molecule has 0 saturated heterocycles. The normalized spacial score (nSPS) is 11.2. The number of non-ortho nitro benzene ring substituents is 1. The molecule has 116 valence electrons. The van der Waals surface area contributed by atoms with E-state index in [2.05, 4.69) is 4.72 Å². The molecule has 0 radical (unpaired) electrons. The second-order valence-corrected chi connectivity index (χ2v) is 7.03. The molecule has 2 aromatic carbocycles. The molecule has 2 aromatic rings. The molecule has 10 heteroatoms. The van der Waals surface area contributed by atoms with Crippen molar-refractivity contribution < 1.29 is 13.3 Å². The maximum absolute atomic E-state index is 12.2. The molecule has 0 saturated carbocycles. The average molecular weight is 382 g/mol. The first-order chi connectivity index (χ1) is 10.2. The van der Waals surface area contributed by atoms with Crippen molar-refractivity contribution in [1.29, 1.82) is 0 Å². The first-order valence-corrected chi connectivity index (χ1v) is 8.24. The minimum absolute atomic E-state index is 0.0221. The number of nitrogens with one attached hydrogen (secondary N) is 1. The van der Waals surface area contributed by atoms with Gasteiger partial charge >= 0.3 is 0 Å². The van der Waals surface area contributed by atoms with Crippen LogP contribution in [0.15, 0.2) is 41.3 Å². The highest BCUT2D eigenvalue weighted by molar-refractivity contribution is 7.92. The van der Waals surface area contributed by atoms with E-state index in [1.165, 1.54) is 12.1 Å². The van der Waals surface area contributed by atoms with E-state index in [0.717, 1.165) is 24.3 Å². The lowest BCUT2D eigenvalue weighted by Gasteiger charge is -2.11. The lowest BCUT2D eigenvalue weighted by Crippen LogP contribution is -2.13. The number of sulfonamides is 1. The highest BCUT2D eigenvalue weighted by Gasteiger charge is 2.19. The third-order valence-corrected chi connectivity index (χ3v) is 4.78. The Hall–Kier alpha value is -1.54. The summed E-state index contributed by atoms with van der Waals surface area (Å²) in [5.41, 5.74) is -0.243. The number of nitro benzene ring substituents is 1. The van der Waals surface area contributed by atoms with Gasteiger partial charge in [-0.05, 0) is 24.3 Å². The fraction of sp³-hybridized carbons (Fsp3) is 0. The Kier molecular flexibility index (Phi) is 4.81. The molecule has 0 aliphatic heterocycles. The largest absolute Gasteiger partial charge is 0.277 e. The van der Waals surface area contributed by atoms with Crippen molar-refractivity contribution in [2.24, 2.45) is 0 Å². The van der Waals surface area contributed by atoms with Crippen LogP contribution in [0, 0.1) is 10.1 Å². The number of halogens is 3. The van der Waals surface area contributed by atoms with Crippen LogP contribution in [0.3, 0.4) is 0 Å². The molecule has 2 rings (SSSR count). The third kappa shape index (κ3) is 3.61. The molecule has 0 heterocycles. The topological polar surface area (TPSA) is 89.3 Å². The summed E-state index contributed by atoms with van der Waals surface area (Å²) in [6.07, 6.45) is 0. The van der Waals surface area contributed by atoms with Gasteiger partial charge in [-0.1, -0.05) is 34.8 Å². The minimum atomic E-state index is -4.00. The number of anilines is 1. The lowest BCUT2D eigenvalue weighted by atomic mass is 10.3. The zero-order valence-electron chi connectivity index (χ0n) is 10.6. The van der Waals surface area contributed by atoms with Crippen molar-refractivity contribution in [3.8, 4) is 0 Å². The molecule has 0 aliphatic rings. The Morgan fingerprint density at radius 1 is 1.00 bits per heavy atom. The molecule has 0 amide bonds. The molecule has 22 heavy (non-hydrogen) atoms. The van der Waals surface area contributed by atoms with Gasteiger partial charge in [0.25, 0.3) is 15.7 Å². The quantitative estimate of drug-likeness (QED) is 0.629. The van der Waals surface area contributed by atoms with E-state index in [0.29, 0.717) is 0 Å². The van der Waals surface area contributed by atoms with Gasteiger partial charge in [0, 0.05) is 17.2 Å². The number of rotatable bonds is 4. The van der Waals surface area contributed by atoms with Crippen LogP contribution in [0.2, 0.25) is 15.1 Å². The van der Waals surface area contributed by atoms with Gasteiger partial charge in [0.1, 0.15) is 0 Å². The van der Waals surface area contributed by atoms with Gasteiger partial charge in [0.2, 0.25) is 0 Å². The van der Waals surface area contributed by atoms with Crippen LogP contribution in [0.1, 0.15) is 0 Å². The predicted octanol–water partition coefficient (Wildman–Crippen LogP) is 4.36. The maximum atomic E-state index is 12.2. The van der Waals surface area contributed by atoms with E-state index >= 15 is 0 Å². The Morgan fingerprint density at radius 2 is 1.50 bits per heavy atom. The van der Waals surface area contributed by atoms with Crippen LogP contribution in [-0.2, 0) is 10.0 Å². The van der Waals surface area contributed by atoms with Gasteiger partial charge in [0.05, 0.1) is 25.6 Å².